The van der Waals surface area contributed by atoms with E-state index in [9.17, 15) is 0 Å². The lowest BCUT2D eigenvalue weighted by atomic mass is 10.4. The Morgan fingerprint density at radius 3 is 1.46 bits per heavy atom. The Kier molecular flexibility index (Phi) is 6.96. The van der Waals surface area contributed by atoms with Crippen LogP contribution < -0.4 is 21.2 Å². The van der Waals surface area contributed by atoms with Crippen molar-refractivity contribution in [2.75, 3.05) is 33.0 Å². The second-order valence-corrected chi connectivity index (χ2v) is 9.87. The van der Waals surface area contributed by atoms with Gasteiger partial charge in [-0.25, -0.2) is 0 Å². The van der Waals surface area contributed by atoms with Crippen LogP contribution in [0.3, 0.4) is 0 Å². The average molecular weight is 364 g/mol. The van der Waals surface area contributed by atoms with Crippen LogP contribution in [0.25, 0.3) is 0 Å². The Labute approximate surface area is 157 Å². The highest BCUT2D eigenvalue weighted by Crippen LogP contribution is 2.54. The van der Waals surface area contributed by atoms with E-state index >= 15 is 0 Å². The number of hydrogen-bond donors (Lipinski definition) is 1. The molecule has 3 rings (SSSR count). The van der Waals surface area contributed by atoms with E-state index in [4.69, 9.17) is 4.74 Å². The van der Waals surface area contributed by atoms with Crippen LogP contribution in [0.2, 0.25) is 0 Å². The topological polar surface area (TPSA) is 21.3 Å². The number of benzene rings is 3. The molecule has 0 aliphatic rings. The van der Waals surface area contributed by atoms with Crippen molar-refractivity contribution >= 4 is 23.2 Å². The van der Waals surface area contributed by atoms with Crippen molar-refractivity contribution in [2.45, 2.75) is 0 Å². The van der Waals surface area contributed by atoms with Crippen LogP contribution in [0.4, 0.5) is 0 Å². The van der Waals surface area contributed by atoms with Crippen molar-refractivity contribution in [3.05, 3.63) is 91.0 Å². The minimum absolute atomic E-state index is 0.745. The molecule has 0 saturated carbocycles. The highest BCUT2D eigenvalue weighted by atomic mass is 31.2. The quantitative estimate of drug-likeness (QED) is 0.465. The minimum atomic E-state index is -1.75. The first-order valence-corrected chi connectivity index (χ1v) is 11.1. The Morgan fingerprint density at radius 1 is 0.654 bits per heavy atom. The predicted octanol–water partition coefficient (Wildman–Crippen LogP) is 3.22. The van der Waals surface area contributed by atoms with Crippen LogP contribution in [-0.2, 0) is 4.74 Å². The molecule has 0 bridgehead atoms. The predicted molar refractivity (Wildman–Crippen MR) is 115 cm³/mol. The summed E-state index contributed by atoms with van der Waals surface area (Å²) >= 11 is 0. The first kappa shape index (κ1) is 18.8. The Balaban J connectivity index is 2.06. The number of nitrogens with one attached hydrogen (secondary N) is 1. The maximum absolute atomic E-state index is 5.96. The van der Waals surface area contributed by atoms with Crippen LogP contribution in [0.5, 0.6) is 0 Å². The van der Waals surface area contributed by atoms with Crippen molar-refractivity contribution in [1.29, 1.82) is 0 Å². The normalized spacial score (nSPS) is 11.4. The molecule has 0 spiro atoms. The fraction of sp³-hybridized carbons (Fsp3) is 0.217. The second kappa shape index (κ2) is 9.64. The zero-order valence-corrected chi connectivity index (χ0v) is 16.2. The molecule has 1 N–H and O–H groups in total. The van der Waals surface area contributed by atoms with Crippen LogP contribution in [0, 0.1) is 0 Å². The molecule has 3 aromatic rings. The molecule has 0 fully saturated rings. The molecule has 0 heterocycles. The molecule has 0 radical (unpaired) electrons. The fourth-order valence-corrected chi connectivity index (χ4v) is 7.47. The molecule has 0 atom stereocenters. The lowest BCUT2D eigenvalue weighted by molar-refractivity contribution is 0.152. The van der Waals surface area contributed by atoms with Gasteiger partial charge in [-0.3, -0.25) is 0 Å². The molecule has 3 aromatic carbocycles. The number of rotatable bonds is 9. The Bertz CT molecular complexity index is 665. The van der Waals surface area contributed by atoms with E-state index in [2.05, 4.69) is 96.3 Å². The third-order valence-electron chi connectivity index (χ3n) is 4.66. The molecule has 0 amide bonds. The van der Waals surface area contributed by atoms with Crippen LogP contribution in [-0.4, -0.2) is 33.0 Å². The molecule has 0 aliphatic heterocycles. The zero-order chi connectivity index (χ0) is 18.1. The Morgan fingerprint density at radius 2 is 1.08 bits per heavy atom. The van der Waals surface area contributed by atoms with Gasteiger partial charge in [-0.1, -0.05) is 54.6 Å². The molecule has 0 unspecified atom stereocenters. The molecular weight excluding hydrogens is 337 g/mol. The van der Waals surface area contributed by atoms with Gasteiger partial charge in [-0.05, 0) is 43.4 Å². The van der Waals surface area contributed by atoms with E-state index in [0.29, 0.717) is 0 Å². The highest BCUT2D eigenvalue weighted by molar-refractivity contribution is 7.95. The van der Waals surface area contributed by atoms with E-state index in [1.165, 1.54) is 15.9 Å². The first-order chi connectivity index (χ1) is 12.9. The van der Waals surface area contributed by atoms with Gasteiger partial charge in [0, 0.05) is 6.54 Å². The molecule has 3 heteroatoms. The van der Waals surface area contributed by atoms with E-state index in [0.717, 1.165) is 25.9 Å². The fourth-order valence-electron chi connectivity index (χ4n) is 3.36. The van der Waals surface area contributed by atoms with Gasteiger partial charge < -0.3 is 10.1 Å². The van der Waals surface area contributed by atoms with Crippen molar-refractivity contribution < 1.29 is 4.74 Å². The van der Waals surface area contributed by atoms with Gasteiger partial charge in [-0.15, -0.1) is 0 Å². The van der Waals surface area contributed by atoms with E-state index in [-0.39, 0.29) is 0 Å². The van der Waals surface area contributed by atoms with Crippen molar-refractivity contribution in [3.63, 3.8) is 0 Å². The van der Waals surface area contributed by atoms with Gasteiger partial charge in [0.25, 0.3) is 0 Å². The monoisotopic (exact) mass is 364 g/mol. The molecule has 2 nitrogen and oxygen atoms in total. The lowest BCUT2D eigenvalue weighted by Crippen LogP contribution is -2.34. The first-order valence-electron chi connectivity index (χ1n) is 9.15. The second-order valence-electron chi connectivity index (χ2n) is 6.26. The summed E-state index contributed by atoms with van der Waals surface area (Å²) in [4.78, 5) is 0. The van der Waals surface area contributed by atoms with Crippen LogP contribution in [0.1, 0.15) is 0 Å². The van der Waals surface area contributed by atoms with Crippen molar-refractivity contribution in [3.8, 4) is 0 Å². The summed E-state index contributed by atoms with van der Waals surface area (Å²) in [6, 6.07) is 32.9. The van der Waals surface area contributed by atoms with Crippen LogP contribution in [0.15, 0.2) is 91.0 Å². The molecule has 0 saturated heterocycles. The van der Waals surface area contributed by atoms with Gasteiger partial charge >= 0.3 is 0 Å². The summed E-state index contributed by atoms with van der Waals surface area (Å²) in [5.74, 6) is 0. The molecule has 134 valence electrons. The van der Waals surface area contributed by atoms with Crippen LogP contribution >= 0.6 is 7.26 Å². The summed E-state index contributed by atoms with van der Waals surface area (Å²) in [5.41, 5.74) is 0. The number of hydrogen-bond acceptors (Lipinski definition) is 2. The number of likely N-dealkylation sites (N-methyl/N-ethyl adjacent to an activating group) is 1. The van der Waals surface area contributed by atoms with Gasteiger partial charge in [0.05, 0.1) is 19.4 Å². The molecular formula is C23H27NOP+. The average Bonchev–Trinajstić information content (AvgIpc) is 2.73. The summed E-state index contributed by atoms with van der Waals surface area (Å²) in [7, 11) is 0.210. The maximum atomic E-state index is 5.96. The van der Waals surface area contributed by atoms with E-state index in [1.807, 2.05) is 7.05 Å². The zero-order valence-electron chi connectivity index (χ0n) is 15.3. The maximum Gasteiger partial charge on any atom is 0.114 e. The largest absolute Gasteiger partial charge is 0.376 e. The van der Waals surface area contributed by atoms with Gasteiger partial charge in [0.1, 0.15) is 23.2 Å². The molecule has 26 heavy (non-hydrogen) atoms. The summed E-state index contributed by atoms with van der Waals surface area (Å²) < 4.78 is 5.96. The highest BCUT2D eigenvalue weighted by Gasteiger charge is 2.44. The molecule has 0 aliphatic carbocycles. The third-order valence-corrected chi connectivity index (χ3v) is 9.05. The summed E-state index contributed by atoms with van der Waals surface area (Å²) in [5, 5.41) is 7.38. The van der Waals surface area contributed by atoms with Gasteiger partial charge in [0.2, 0.25) is 0 Å². The van der Waals surface area contributed by atoms with Gasteiger partial charge in [0.15, 0.2) is 0 Å². The van der Waals surface area contributed by atoms with Crippen molar-refractivity contribution in [1.82, 2.24) is 5.32 Å². The number of ether oxygens (including phenoxy) is 1. The van der Waals surface area contributed by atoms with Crippen molar-refractivity contribution in [2.24, 2.45) is 0 Å². The Hall–Kier alpha value is -1.99. The van der Waals surface area contributed by atoms with E-state index < -0.39 is 7.26 Å². The van der Waals surface area contributed by atoms with E-state index in [1.54, 1.807) is 0 Å². The smallest absolute Gasteiger partial charge is 0.114 e. The molecule has 0 aromatic heterocycles. The third kappa shape index (κ3) is 4.22. The lowest BCUT2D eigenvalue weighted by Gasteiger charge is -2.27. The SMILES string of the molecule is CNCCOCC[P+](c1ccccc1)(c1ccccc1)c1ccccc1. The standard InChI is InChI=1S/C23H27NOP/c1-24-17-18-25-19-20-26(21-11-5-2-6-12-21,22-13-7-3-8-14-22)23-15-9-4-10-16-23/h2-16,24H,17-20H2,1H3/q+1. The summed E-state index contributed by atoms with van der Waals surface area (Å²) in [6.45, 7) is 2.39. The van der Waals surface area contributed by atoms with Gasteiger partial charge in [-0.2, -0.15) is 0 Å². The minimum Gasteiger partial charge on any atom is -0.376 e. The summed E-state index contributed by atoms with van der Waals surface area (Å²) in [6.07, 6.45) is 1.01.